The number of nitrogens with two attached hydrogens (primary N) is 3. The van der Waals surface area contributed by atoms with Gasteiger partial charge in [0.15, 0.2) is 0 Å². The van der Waals surface area contributed by atoms with Gasteiger partial charge in [0, 0.05) is 6.04 Å². The second kappa shape index (κ2) is 11.4. The van der Waals surface area contributed by atoms with Crippen LogP contribution in [0.15, 0.2) is 30.3 Å². The van der Waals surface area contributed by atoms with Crippen molar-refractivity contribution in [3.63, 3.8) is 0 Å². The molecule has 0 fully saturated rings. The van der Waals surface area contributed by atoms with Crippen LogP contribution in [0.1, 0.15) is 31.7 Å². The van der Waals surface area contributed by atoms with E-state index in [1.807, 2.05) is 25.1 Å². The lowest BCUT2D eigenvalue weighted by Crippen LogP contribution is -2.29. The Balaban J connectivity index is 0.000000361. The maximum atomic E-state index is 10.1. The summed E-state index contributed by atoms with van der Waals surface area (Å²) in [6, 6.07) is 9.85. The topological polar surface area (TPSA) is 115 Å². The Kier molecular flexibility index (Phi) is 10.6. The summed E-state index contributed by atoms with van der Waals surface area (Å²) >= 11 is 0. The molecule has 7 N–H and O–H groups in total. The van der Waals surface area contributed by atoms with Crippen LogP contribution in [0.4, 0.5) is 0 Å². The van der Waals surface area contributed by atoms with E-state index in [0.29, 0.717) is 13.0 Å². The monoisotopic (exact) mass is 281 g/mol. The summed E-state index contributed by atoms with van der Waals surface area (Å²) in [6.07, 6.45) is 3.14. The number of benzene rings is 1. The largest absolute Gasteiger partial charge is 0.480 e. The van der Waals surface area contributed by atoms with Crippen molar-refractivity contribution in [3.8, 4) is 0 Å². The number of rotatable bonds is 7. The number of carboxylic acid groups (broad SMARTS) is 1. The third-order valence-electron chi connectivity index (χ3n) is 2.69. The molecule has 1 rings (SSSR count). The van der Waals surface area contributed by atoms with Crippen molar-refractivity contribution in [1.29, 1.82) is 0 Å². The van der Waals surface area contributed by atoms with Gasteiger partial charge in [-0.3, -0.25) is 4.79 Å². The van der Waals surface area contributed by atoms with Gasteiger partial charge in [-0.25, -0.2) is 0 Å². The minimum atomic E-state index is -0.933. The Morgan fingerprint density at radius 2 is 1.80 bits per heavy atom. The van der Waals surface area contributed by atoms with Crippen LogP contribution < -0.4 is 17.2 Å². The van der Waals surface area contributed by atoms with E-state index in [9.17, 15) is 4.79 Å². The molecule has 5 heteroatoms. The second-order valence-electron chi connectivity index (χ2n) is 4.90. The summed E-state index contributed by atoms with van der Waals surface area (Å²) in [7, 11) is 0. The standard InChI is InChI=1S/C9H13N.C6H14N2O2/c1-8(10)7-9-5-3-2-4-6-9;7-4-2-1-3-5(8)6(9)10/h2-6,8H,7,10H2,1H3;5H,1-4,7-8H2,(H,9,10). The highest BCUT2D eigenvalue weighted by atomic mass is 16.4. The molecule has 20 heavy (non-hydrogen) atoms. The van der Waals surface area contributed by atoms with E-state index in [0.717, 1.165) is 19.3 Å². The highest BCUT2D eigenvalue weighted by molar-refractivity contribution is 5.72. The normalized spacial score (nSPS) is 13.0. The van der Waals surface area contributed by atoms with Gasteiger partial charge in [-0.05, 0) is 38.3 Å². The second-order valence-corrected chi connectivity index (χ2v) is 4.90. The van der Waals surface area contributed by atoms with E-state index >= 15 is 0 Å². The fourth-order valence-electron chi connectivity index (χ4n) is 1.62. The Bertz CT molecular complexity index is 355. The van der Waals surface area contributed by atoms with Gasteiger partial charge in [-0.15, -0.1) is 0 Å². The molecule has 0 saturated heterocycles. The van der Waals surface area contributed by atoms with Crippen molar-refractivity contribution in [2.45, 2.75) is 44.7 Å². The van der Waals surface area contributed by atoms with Gasteiger partial charge in [-0.2, -0.15) is 0 Å². The predicted molar refractivity (Wildman–Crippen MR) is 82.3 cm³/mol. The van der Waals surface area contributed by atoms with Crippen LogP contribution in [0.5, 0.6) is 0 Å². The van der Waals surface area contributed by atoms with Crippen molar-refractivity contribution in [2.24, 2.45) is 17.2 Å². The molecule has 0 heterocycles. The molecule has 1 aromatic rings. The average Bonchev–Trinajstić information content (AvgIpc) is 2.40. The molecule has 0 bridgehead atoms. The van der Waals surface area contributed by atoms with Gasteiger partial charge < -0.3 is 22.3 Å². The third-order valence-corrected chi connectivity index (χ3v) is 2.69. The van der Waals surface area contributed by atoms with Gasteiger partial charge in [0.05, 0.1) is 0 Å². The highest BCUT2D eigenvalue weighted by Crippen LogP contribution is 2.00. The minimum absolute atomic E-state index is 0.266. The Morgan fingerprint density at radius 3 is 2.25 bits per heavy atom. The molecule has 5 nitrogen and oxygen atoms in total. The molecule has 0 spiro atoms. The smallest absolute Gasteiger partial charge is 0.320 e. The highest BCUT2D eigenvalue weighted by Gasteiger charge is 2.09. The zero-order valence-corrected chi connectivity index (χ0v) is 12.2. The molecule has 114 valence electrons. The van der Waals surface area contributed by atoms with Crippen LogP contribution in [0, 0.1) is 0 Å². The van der Waals surface area contributed by atoms with Gasteiger partial charge >= 0.3 is 5.97 Å². The molecular formula is C15H27N3O2. The van der Waals surface area contributed by atoms with Crippen LogP contribution in [-0.4, -0.2) is 29.7 Å². The lowest BCUT2D eigenvalue weighted by atomic mass is 10.1. The van der Waals surface area contributed by atoms with Crippen molar-refractivity contribution in [2.75, 3.05) is 6.54 Å². The van der Waals surface area contributed by atoms with Crippen LogP contribution in [0.25, 0.3) is 0 Å². The van der Waals surface area contributed by atoms with Crippen LogP contribution in [0.3, 0.4) is 0 Å². The first-order chi connectivity index (χ1) is 9.47. The number of carbonyl (C=O) groups is 1. The Morgan fingerprint density at radius 1 is 1.20 bits per heavy atom. The summed E-state index contributed by atoms with van der Waals surface area (Å²) in [5.74, 6) is -0.933. The molecule has 0 aliphatic carbocycles. The van der Waals surface area contributed by atoms with Crippen molar-refractivity contribution in [1.82, 2.24) is 0 Å². The summed E-state index contributed by atoms with van der Waals surface area (Å²) < 4.78 is 0. The van der Waals surface area contributed by atoms with E-state index in [2.05, 4.69) is 12.1 Å². The summed E-state index contributed by atoms with van der Waals surface area (Å²) in [5, 5.41) is 8.33. The maximum absolute atomic E-state index is 10.1. The van der Waals surface area contributed by atoms with Crippen LogP contribution in [0.2, 0.25) is 0 Å². The number of hydrogen-bond acceptors (Lipinski definition) is 4. The SMILES string of the molecule is CC(N)Cc1ccccc1.NCCCCC(N)C(=O)O. The minimum Gasteiger partial charge on any atom is -0.480 e. The van der Waals surface area contributed by atoms with Gasteiger partial charge in [-0.1, -0.05) is 36.8 Å². The molecule has 2 unspecified atom stereocenters. The fraction of sp³-hybridized carbons (Fsp3) is 0.533. The average molecular weight is 281 g/mol. The number of aliphatic carboxylic acids is 1. The first-order valence-electron chi connectivity index (χ1n) is 6.95. The first kappa shape index (κ1) is 18.6. The van der Waals surface area contributed by atoms with E-state index in [1.165, 1.54) is 5.56 Å². The predicted octanol–water partition coefficient (Wildman–Crippen LogP) is 1.10. The first-order valence-corrected chi connectivity index (χ1v) is 6.95. The quantitative estimate of drug-likeness (QED) is 0.559. The zero-order valence-electron chi connectivity index (χ0n) is 12.2. The van der Waals surface area contributed by atoms with Crippen LogP contribution in [-0.2, 0) is 11.2 Å². The molecule has 0 aliphatic rings. The molecule has 0 aliphatic heterocycles. The van der Waals surface area contributed by atoms with Crippen molar-refractivity contribution in [3.05, 3.63) is 35.9 Å². The van der Waals surface area contributed by atoms with Gasteiger partial charge in [0.25, 0.3) is 0 Å². The van der Waals surface area contributed by atoms with E-state index in [4.69, 9.17) is 22.3 Å². The summed E-state index contributed by atoms with van der Waals surface area (Å²) in [5.41, 5.74) is 17.4. The van der Waals surface area contributed by atoms with E-state index in [1.54, 1.807) is 0 Å². The Labute approximate surface area is 121 Å². The molecule has 1 aromatic carbocycles. The molecule has 2 atom stereocenters. The molecule has 0 amide bonds. The lowest BCUT2D eigenvalue weighted by Gasteiger charge is -2.03. The van der Waals surface area contributed by atoms with Gasteiger partial charge in [0.1, 0.15) is 6.04 Å². The van der Waals surface area contributed by atoms with Crippen LogP contribution >= 0.6 is 0 Å². The van der Waals surface area contributed by atoms with Crippen molar-refractivity contribution >= 4 is 5.97 Å². The molecular weight excluding hydrogens is 254 g/mol. The molecule has 0 aromatic heterocycles. The Hall–Kier alpha value is -1.43. The lowest BCUT2D eigenvalue weighted by molar-refractivity contribution is -0.138. The summed E-state index contributed by atoms with van der Waals surface area (Å²) in [6.45, 7) is 2.62. The number of unbranched alkanes of at least 4 members (excludes halogenated alkanes) is 1. The van der Waals surface area contributed by atoms with Gasteiger partial charge in [0.2, 0.25) is 0 Å². The molecule has 0 radical (unpaired) electrons. The number of hydrogen-bond donors (Lipinski definition) is 4. The number of carboxylic acids is 1. The third kappa shape index (κ3) is 10.5. The van der Waals surface area contributed by atoms with Crippen molar-refractivity contribution < 1.29 is 9.90 Å². The molecule has 0 saturated carbocycles. The zero-order chi connectivity index (χ0) is 15.4. The van der Waals surface area contributed by atoms with E-state index in [-0.39, 0.29) is 6.04 Å². The van der Waals surface area contributed by atoms with E-state index < -0.39 is 12.0 Å². The maximum Gasteiger partial charge on any atom is 0.320 e. The summed E-state index contributed by atoms with van der Waals surface area (Å²) in [4.78, 5) is 10.1. The fourth-order valence-corrected chi connectivity index (χ4v) is 1.62.